The van der Waals surface area contributed by atoms with Gasteiger partial charge in [-0.2, -0.15) is 13.5 Å². The van der Waals surface area contributed by atoms with Crippen LogP contribution in [0.4, 0.5) is 0 Å². The molecule has 0 bridgehead atoms. The van der Waals surface area contributed by atoms with E-state index < -0.39 is 10.0 Å². The second kappa shape index (κ2) is 7.91. The summed E-state index contributed by atoms with van der Waals surface area (Å²) < 4.78 is 30.7. The summed E-state index contributed by atoms with van der Waals surface area (Å²) in [6, 6.07) is 12.8. The van der Waals surface area contributed by atoms with Crippen molar-refractivity contribution in [2.24, 2.45) is 5.10 Å². The van der Waals surface area contributed by atoms with Crippen LogP contribution < -0.4 is 9.57 Å². The van der Waals surface area contributed by atoms with Crippen molar-refractivity contribution in [1.29, 1.82) is 0 Å². The van der Waals surface area contributed by atoms with Crippen molar-refractivity contribution in [2.45, 2.75) is 44.9 Å². The average molecular weight is 375 g/mol. The molecule has 0 fully saturated rings. The van der Waals surface area contributed by atoms with Gasteiger partial charge in [-0.1, -0.05) is 45.0 Å². The Morgan fingerprint density at radius 2 is 1.88 bits per heavy atom. The Bertz CT molecular complexity index is 898. The molecule has 1 N–H and O–H groups in total. The molecule has 0 saturated heterocycles. The summed E-state index contributed by atoms with van der Waals surface area (Å²) in [5.74, 6) is 0.716. The van der Waals surface area contributed by atoms with E-state index in [4.69, 9.17) is 4.74 Å². The van der Waals surface area contributed by atoms with Crippen molar-refractivity contribution < 1.29 is 13.2 Å². The number of nitrogens with zero attached hydrogens (tertiary/aromatic N) is 1. The van der Waals surface area contributed by atoms with Crippen molar-refractivity contribution in [3.05, 3.63) is 59.2 Å². The Balaban J connectivity index is 2.23. The van der Waals surface area contributed by atoms with Crippen LogP contribution in [0.2, 0.25) is 0 Å². The molecule has 26 heavy (non-hydrogen) atoms. The summed E-state index contributed by atoms with van der Waals surface area (Å²) in [6.45, 7) is 10.4. The smallest absolute Gasteiger partial charge is 0.276 e. The summed E-state index contributed by atoms with van der Waals surface area (Å²) in [6.07, 6.45) is 1.46. The molecule has 0 unspecified atom stereocenters. The van der Waals surface area contributed by atoms with Gasteiger partial charge in [0.2, 0.25) is 0 Å². The fourth-order valence-electron chi connectivity index (χ4n) is 2.43. The number of aryl methyl sites for hydroxylation is 1. The quantitative estimate of drug-likeness (QED) is 0.614. The third-order valence-electron chi connectivity index (χ3n) is 3.90. The van der Waals surface area contributed by atoms with Crippen LogP contribution in [0.3, 0.4) is 0 Å². The third-order valence-corrected chi connectivity index (χ3v) is 5.26. The Labute approximate surface area is 156 Å². The Hall–Kier alpha value is -2.34. The summed E-state index contributed by atoms with van der Waals surface area (Å²) in [7, 11) is -3.74. The molecule has 2 aromatic rings. The molecule has 0 spiro atoms. The molecule has 0 aliphatic heterocycles. The standard InChI is InChI=1S/C20H26N2O3S/c1-6-25-18-9-7-8-16(12-18)14-21-22-26(23,24)19-13-17(20(3,4)5)11-10-15(19)2/h7-14,22H,6H2,1-5H3/b21-14+. The molecule has 2 aromatic carbocycles. The van der Waals surface area contributed by atoms with Crippen molar-refractivity contribution in [1.82, 2.24) is 4.83 Å². The van der Waals surface area contributed by atoms with E-state index in [9.17, 15) is 8.42 Å². The van der Waals surface area contributed by atoms with Crippen LogP contribution in [0.15, 0.2) is 52.5 Å². The lowest BCUT2D eigenvalue weighted by Crippen LogP contribution is -2.21. The number of sulfonamides is 1. The van der Waals surface area contributed by atoms with Gasteiger partial charge < -0.3 is 4.74 Å². The van der Waals surface area contributed by atoms with Crippen LogP contribution in [-0.2, 0) is 15.4 Å². The fourth-order valence-corrected chi connectivity index (χ4v) is 3.49. The van der Waals surface area contributed by atoms with E-state index in [0.29, 0.717) is 17.9 Å². The van der Waals surface area contributed by atoms with Gasteiger partial charge in [0, 0.05) is 0 Å². The first kappa shape index (κ1) is 20.0. The lowest BCUT2D eigenvalue weighted by molar-refractivity contribution is 0.340. The SMILES string of the molecule is CCOc1cccc(/C=N/NS(=O)(=O)c2cc(C(C)(C)C)ccc2C)c1. The molecular formula is C20H26N2O3S. The summed E-state index contributed by atoms with van der Waals surface area (Å²) in [5.41, 5.74) is 2.25. The maximum atomic E-state index is 12.6. The topological polar surface area (TPSA) is 67.8 Å². The first-order valence-corrected chi connectivity index (χ1v) is 10.0. The molecule has 0 radical (unpaired) electrons. The molecule has 0 atom stereocenters. The molecule has 0 aliphatic rings. The molecule has 0 aromatic heterocycles. The Morgan fingerprint density at radius 3 is 2.54 bits per heavy atom. The minimum absolute atomic E-state index is 0.138. The Kier molecular flexibility index (Phi) is 6.08. The van der Waals surface area contributed by atoms with E-state index in [1.54, 1.807) is 19.1 Å². The van der Waals surface area contributed by atoms with E-state index in [0.717, 1.165) is 11.1 Å². The molecule has 0 aliphatic carbocycles. The molecular weight excluding hydrogens is 348 g/mol. The number of hydrogen-bond donors (Lipinski definition) is 1. The molecule has 0 saturated carbocycles. The van der Waals surface area contributed by atoms with Gasteiger partial charge in [0.25, 0.3) is 10.0 Å². The number of rotatable bonds is 6. The zero-order chi connectivity index (χ0) is 19.4. The van der Waals surface area contributed by atoms with Crippen molar-refractivity contribution in [3.63, 3.8) is 0 Å². The van der Waals surface area contributed by atoms with Crippen LogP contribution in [0.5, 0.6) is 5.75 Å². The van der Waals surface area contributed by atoms with Gasteiger partial charge >= 0.3 is 0 Å². The maximum Gasteiger partial charge on any atom is 0.276 e. The van der Waals surface area contributed by atoms with E-state index in [1.165, 1.54) is 6.21 Å². The third kappa shape index (κ3) is 5.08. The summed E-state index contributed by atoms with van der Waals surface area (Å²) in [4.78, 5) is 2.54. The van der Waals surface area contributed by atoms with E-state index in [1.807, 2.05) is 58.0 Å². The highest BCUT2D eigenvalue weighted by molar-refractivity contribution is 7.89. The monoisotopic (exact) mass is 374 g/mol. The van der Waals surface area contributed by atoms with Crippen molar-refractivity contribution in [2.75, 3.05) is 6.61 Å². The van der Waals surface area contributed by atoms with Crippen LogP contribution in [0.25, 0.3) is 0 Å². The molecule has 5 nitrogen and oxygen atoms in total. The zero-order valence-corrected chi connectivity index (χ0v) is 16.7. The van der Waals surface area contributed by atoms with Gasteiger partial charge in [0.1, 0.15) is 5.75 Å². The van der Waals surface area contributed by atoms with Gasteiger partial charge in [0.05, 0.1) is 17.7 Å². The average Bonchev–Trinajstić information content (AvgIpc) is 2.54. The largest absolute Gasteiger partial charge is 0.494 e. The van der Waals surface area contributed by atoms with Crippen LogP contribution in [0.1, 0.15) is 44.4 Å². The summed E-state index contributed by atoms with van der Waals surface area (Å²) in [5, 5.41) is 3.91. The van der Waals surface area contributed by atoms with Gasteiger partial charge in [-0.25, -0.2) is 4.83 Å². The Morgan fingerprint density at radius 1 is 1.15 bits per heavy atom. The molecule has 140 valence electrons. The minimum atomic E-state index is -3.74. The normalized spacial score (nSPS) is 12.3. The number of ether oxygens (including phenoxy) is 1. The van der Waals surface area contributed by atoms with E-state index >= 15 is 0 Å². The van der Waals surface area contributed by atoms with Crippen molar-refractivity contribution in [3.8, 4) is 5.75 Å². The maximum absolute atomic E-state index is 12.6. The second-order valence-corrected chi connectivity index (χ2v) is 8.72. The zero-order valence-electron chi connectivity index (χ0n) is 15.9. The minimum Gasteiger partial charge on any atom is -0.494 e. The van der Waals surface area contributed by atoms with Gasteiger partial charge in [0.15, 0.2) is 0 Å². The first-order valence-electron chi connectivity index (χ1n) is 8.52. The molecule has 2 rings (SSSR count). The van der Waals surface area contributed by atoms with Crippen LogP contribution >= 0.6 is 0 Å². The highest BCUT2D eigenvalue weighted by Crippen LogP contribution is 2.26. The van der Waals surface area contributed by atoms with Crippen LogP contribution in [0, 0.1) is 6.92 Å². The lowest BCUT2D eigenvalue weighted by Gasteiger charge is -2.20. The van der Waals surface area contributed by atoms with Gasteiger partial charge in [-0.05, 0) is 54.2 Å². The number of nitrogens with one attached hydrogen (secondary N) is 1. The highest BCUT2D eigenvalue weighted by atomic mass is 32.2. The van der Waals surface area contributed by atoms with Crippen LogP contribution in [-0.4, -0.2) is 21.2 Å². The fraction of sp³-hybridized carbons (Fsp3) is 0.350. The second-order valence-electron chi connectivity index (χ2n) is 7.09. The molecule has 0 heterocycles. The summed E-state index contributed by atoms with van der Waals surface area (Å²) >= 11 is 0. The number of hydrazone groups is 1. The van der Waals surface area contributed by atoms with Crippen molar-refractivity contribution >= 4 is 16.2 Å². The molecule has 6 heteroatoms. The molecule has 0 amide bonds. The van der Waals surface area contributed by atoms with E-state index in [-0.39, 0.29) is 10.3 Å². The first-order chi connectivity index (χ1) is 12.1. The predicted molar refractivity (Wildman–Crippen MR) is 105 cm³/mol. The highest BCUT2D eigenvalue weighted by Gasteiger charge is 2.21. The number of hydrogen-bond acceptors (Lipinski definition) is 4. The van der Waals surface area contributed by atoms with Gasteiger partial charge in [-0.3, -0.25) is 0 Å². The van der Waals surface area contributed by atoms with Gasteiger partial charge in [-0.15, -0.1) is 0 Å². The lowest BCUT2D eigenvalue weighted by atomic mass is 9.87. The number of benzene rings is 2. The predicted octanol–water partition coefficient (Wildman–Crippen LogP) is 4.00. The van der Waals surface area contributed by atoms with E-state index in [2.05, 4.69) is 9.93 Å².